The molecule has 1 heteroatoms. The summed E-state index contributed by atoms with van der Waals surface area (Å²) in [6.45, 7) is 4.59. The van der Waals surface area contributed by atoms with E-state index in [1.165, 1.54) is 5.57 Å². The van der Waals surface area contributed by atoms with Crippen molar-refractivity contribution in [1.29, 1.82) is 0 Å². The molecule has 0 saturated carbocycles. The van der Waals surface area contributed by atoms with E-state index in [1.54, 1.807) is 6.20 Å². The third-order valence-electron chi connectivity index (χ3n) is 1.81. The number of hydrogen-bond donors (Lipinski definition) is 1. The molecule has 0 saturated heterocycles. The average Bonchev–Trinajstić information content (AvgIpc) is 2.33. The van der Waals surface area contributed by atoms with Crippen molar-refractivity contribution >= 4 is 0 Å². The fourth-order valence-electron chi connectivity index (χ4n) is 1.14. The van der Waals surface area contributed by atoms with Gasteiger partial charge < -0.3 is 5.32 Å². The van der Waals surface area contributed by atoms with Crippen LogP contribution in [0.15, 0.2) is 48.7 Å². The SMILES string of the molecule is C=CNCCC1=CC=CC=CC1. The third kappa shape index (κ3) is 3.24. The lowest BCUT2D eigenvalue weighted by atomic mass is 10.1. The Kier molecular flexibility index (Phi) is 4.00. The standard InChI is InChI=1S/C11H15N/c1-2-12-10-9-11-7-5-3-4-6-8-11/h2-7,12H,1,8-10H2. The van der Waals surface area contributed by atoms with Crippen molar-refractivity contribution in [2.45, 2.75) is 12.8 Å². The molecule has 12 heavy (non-hydrogen) atoms. The third-order valence-corrected chi connectivity index (χ3v) is 1.81. The Labute approximate surface area is 74.2 Å². The Morgan fingerprint density at radius 1 is 1.42 bits per heavy atom. The highest BCUT2D eigenvalue weighted by Gasteiger charge is 1.94. The first-order valence-corrected chi connectivity index (χ1v) is 4.29. The zero-order valence-electron chi connectivity index (χ0n) is 7.29. The first kappa shape index (κ1) is 8.85. The van der Waals surface area contributed by atoms with Crippen molar-refractivity contribution in [2.24, 2.45) is 0 Å². The van der Waals surface area contributed by atoms with Gasteiger partial charge in [-0.15, -0.1) is 0 Å². The van der Waals surface area contributed by atoms with Crippen LogP contribution in [-0.4, -0.2) is 6.54 Å². The van der Waals surface area contributed by atoms with Gasteiger partial charge in [0.2, 0.25) is 0 Å². The molecule has 0 fully saturated rings. The maximum Gasteiger partial charge on any atom is 0.0178 e. The van der Waals surface area contributed by atoms with Crippen LogP contribution in [0.4, 0.5) is 0 Å². The van der Waals surface area contributed by atoms with Crippen LogP contribution < -0.4 is 5.32 Å². The van der Waals surface area contributed by atoms with Crippen LogP contribution in [0.25, 0.3) is 0 Å². The molecule has 1 aliphatic rings. The van der Waals surface area contributed by atoms with Crippen molar-refractivity contribution in [3.8, 4) is 0 Å². The van der Waals surface area contributed by atoms with Crippen molar-refractivity contribution in [3.05, 3.63) is 48.7 Å². The van der Waals surface area contributed by atoms with Crippen LogP contribution in [0.1, 0.15) is 12.8 Å². The summed E-state index contributed by atoms with van der Waals surface area (Å²) >= 11 is 0. The molecule has 0 heterocycles. The van der Waals surface area contributed by atoms with Gasteiger partial charge in [0.05, 0.1) is 0 Å². The Morgan fingerprint density at radius 2 is 2.33 bits per heavy atom. The van der Waals surface area contributed by atoms with Gasteiger partial charge in [-0.2, -0.15) is 0 Å². The van der Waals surface area contributed by atoms with Gasteiger partial charge in [0.25, 0.3) is 0 Å². The summed E-state index contributed by atoms with van der Waals surface area (Å²) in [6.07, 6.45) is 14.5. The largest absolute Gasteiger partial charge is 0.391 e. The van der Waals surface area contributed by atoms with Crippen LogP contribution in [0.2, 0.25) is 0 Å². The van der Waals surface area contributed by atoms with Gasteiger partial charge in [0, 0.05) is 6.54 Å². The summed E-state index contributed by atoms with van der Waals surface area (Å²) < 4.78 is 0. The lowest BCUT2D eigenvalue weighted by Gasteiger charge is -2.02. The molecule has 0 spiro atoms. The van der Waals surface area contributed by atoms with E-state index in [4.69, 9.17) is 0 Å². The van der Waals surface area contributed by atoms with E-state index in [9.17, 15) is 0 Å². The molecule has 0 aliphatic heterocycles. The summed E-state index contributed by atoms with van der Waals surface area (Å²) in [4.78, 5) is 0. The number of allylic oxidation sites excluding steroid dienone is 5. The van der Waals surface area contributed by atoms with Crippen LogP contribution in [0, 0.1) is 0 Å². The fourth-order valence-corrected chi connectivity index (χ4v) is 1.14. The highest BCUT2D eigenvalue weighted by atomic mass is 14.8. The smallest absolute Gasteiger partial charge is 0.0178 e. The van der Waals surface area contributed by atoms with E-state index < -0.39 is 0 Å². The Bertz CT molecular complexity index is 221. The highest BCUT2D eigenvalue weighted by Crippen LogP contribution is 2.09. The lowest BCUT2D eigenvalue weighted by Crippen LogP contribution is -2.06. The zero-order valence-corrected chi connectivity index (χ0v) is 7.29. The van der Waals surface area contributed by atoms with E-state index in [0.29, 0.717) is 0 Å². The average molecular weight is 161 g/mol. The molecular weight excluding hydrogens is 146 g/mol. The Morgan fingerprint density at radius 3 is 3.17 bits per heavy atom. The molecule has 0 amide bonds. The quantitative estimate of drug-likeness (QED) is 0.625. The molecular formula is C11H15N. The first-order valence-electron chi connectivity index (χ1n) is 4.29. The second-order valence-electron chi connectivity index (χ2n) is 2.75. The van der Waals surface area contributed by atoms with Gasteiger partial charge in [0.1, 0.15) is 0 Å². The van der Waals surface area contributed by atoms with Crippen LogP contribution >= 0.6 is 0 Å². The van der Waals surface area contributed by atoms with E-state index in [0.717, 1.165) is 19.4 Å². The minimum Gasteiger partial charge on any atom is -0.391 e. The Hall–Kier alpha value is -1.24. The molecule has 0 aromatic rings. The summed E-state index contributed by atoms with van der Waals surface area (Å²) in [5, 5.41) is 3.09. The van der Waals surface area contributed by atoms with E-state index in [2.05, 4.69) is 42.3 Å². The summed E-state index contributed by atoms with van der Waals surface area (Å²) in [5.41, 5.74) is 1.47. The molecule has 1 rings (SSSR count). The maximum absolute atomic E-state index is 3.60. The molecule has 0 aromatic heterocycles. The van der Waals surface area contributed by atoms with Gasteiger partial charge in [-0.3, -0.25) is 0 Å². The minimum atomic E-state index is 0.983. The molecule has 1 aliphatic carbocycles. The summed E-state index contributed by atoms with van der Waals surface area (Å²) in [7, 11) is 0. The minimum absolute atomic E-state index is 0.983. The van der Waals surface area contributed by atoms with Gasteiger partial charge in [-0.25, -0.2) is 0 Å². The molecule has 0 unspecified atom stereocenters. The van der Waals surface area contributed by atoms with E-state index >= 15 is 0 Å². The van der Waals surface area contributed by atoms with Crippen LogP contribution in [0.5, 0.6) is 0 Å². The van der Waals surface area contributed by atoms with E-state index in [1.807, 2.05) is 0 Å². The maximum atomic E-state index is 3.60. The van der Waals surface area contributed by atoms with E-state index in [-0.39, 0.29) is 0 Å². The van der Waals surface area contributed by atoms with Gasteiger partial charge in [0.15, 0.2) is 0 Å². The Balaban J connectivity index is 2.31. The van der Waals surface area contributed by atoms with Crippen molar-refractivity contribution in [1.82, 2.24) is 5.32 Å². The predicted octanol–water partition coefficient (Wildman–Crippen LogP) is 2.55. The number of nitrogens with one attached hydrogen (secondary N) is 1. The lowest BCUT2D eigenvalue weighted by molar-refractivity contribution is 0.813. The first-order chi connectivity index (χ1) is 5.93. The molecule has 0 bridgehead atoms. The topological polar surface area (TPSA) is 12.0 Å². The van der Waals surface area contributed by atoms with Gasteiger partial charge in [-0.05, 0) is 19.0 Å². The van der Waals surface area contributed by atoms with Crippen LogP contribution in [0.3, 0.4) is 0 Å². The normalized spacial score (nSPS) is 15.2. The monoisotopic (exact) mass is 161 g/mol. The molecule has 64 valence electrons. The van der Waals surface area contributed by atoms with Crippen molar-refractivity contribution < 1.29 is 0 Å². The van der Waals surface area contributed by atoms with Crippen molar-refractivity contribution in [2.75, 3.05) is 6.54 Å². The van der Waals surface area contributed by atoms with Gasteiger partial charge in [-0.1, -0.05) is 42.5 Å². The van der Waals surface area contributed by atoms with Crippen LogP contribution in [-0.2, 0) is 0 Å². The van der Waals surface area contributed by atoms with Gasteiger partial charge >= 0.3 is 0 Å². The second-order valence-corrected chi connectivity index (χ2v) is 2.75. The predicted molar refractivity (Wildman–Crippen MR) is 53.8 cm³/mol. The molecule has 0 atom stereocenters. The summed E-state index contributed by atoms with van der Waals surface area (Å²) in [5.74, 6) is 0. The number of rotatable bonds is 4. The number of hydrogen-bond acceptors (Lipinski definition) is 1. The molecule has 0 aromatic carbocycles. The fraction of sp³-hybridized carbons (Fsp3) is 0.273. The second kappa shape index (κ2) is 5.42. The molecule has 1 N–H and O–H groups in total. The zero-order chi connectivity index (χ0) is 8.65. The molecule has 0 radical (unpaired) electrons. The van der Waals surface area contributed by atoms with Crippen molar-refractivity contribution in [3.63, 3.8) is 0 Å². The highest BCUT2D eigenvalue weighted by molar-refractivity contribution is 5.23. The summed E-state index contributed by atoms with van der Waals surface area (Å²) in [6, 6.07) is 0. The molecule has 1 nitrogen and oxygen atoms in total.